The molecule has 1 aromatic carbocycles. The van der Waals surface area contributed by atoms with Gasteiger partial charge in [0, 0.05) is 0 Å². The van der Waals surface area contributed by atoms with Gasteiger partial charge in [0.05, 0.1) is 0 Å². The maximum atomic E-state index is 11.2. The van der Waals surface area contributed by atoms with Crippen LogP contribution in [0.1, 0.15) is 97.8 Å². The van der Waals surface area contributed by atoms with Crippen LogP contribution in [0.25, 0.3) is 0 Å². The summed E-state index contributed by atoms with van der Waals surface area (Å²) < 4.78 is 12.1. The van der Waals surface area contributed by atoms with Crippen LogP contribution in [0.4, 0.5) is 0 Å². The van der Waals surface area contributed by atoms with E-state index in [4.69, 9.17) is 9.05 Å². The van der Waals surface area contributed by atoms with Crippen LogP contribution in [-0.2, 0) is 15.4 Å². The van der Waals surface area contributed by atoms with Gasteiger partial charge in [-0.3, -0.25) is 0 Å². The molecule has 1 rings (SSSR count). The Kier molecular flexibility index (Phi) is 8.79. The van der Waals surface area contributed by atoms with Gasteiger partial charge >= 0.3 is 168 Å². The Morgan fingerprint density at radius 3 is 1.96 bits per heavy atom. The molecule has 0 spiro atoms. The van der Waals surface area contributed by atoms with Gasteiger partial charge in [-0.1, -0.05) is 0 Å². The summed E-state index contributed by atoms with van der Waals surface area (Å²) in [5, 5.41) is 0. The van der Waals surface area contributed by atoms with Crippen molar-refractivity contribution in [2.75, 3.05) is 12.8 Å². The molecule has 0 aliphatic carbocycles. The molecule has 4 heteroatoms. The minimum atomic E-state index is -3.24. The molecule has 0 aliphatic heterocycles. The Balaban J connectivity index is 3.26. The van der Waals surface area contributed by atoms with E-state index >= 15 is 0 Å². The molecule has 0 bridgehead atoms. The molecule has 0 saturated heterocycles. The van der Waals surface area contributed by atoms with E-state index in [1.165, 1.54) is 24.0 Å². The molecule has 0 aliphatic rings. The zero-order valence-corrected chi connectivity index (χ0v) is 20.2. The van der Waals surface area contributed by atoms with Crippen LogP contribution in [0, 0.1) is 6.92 Å². The van der Waals surface area contributed by atoms with Crippen LogP contribution in [0.3, 0.4) is 0 Å². The van der Waals surface area contributed by atoms with E-state index in [1.54, 1.807) is 0 Å². The second-order valence-electron chi connectivity index (χ2n) is 9.72. The molecule has 1 aromatic rings. The number of hydrogen-bond donors (Lipinski definition) is 1. The van der Waals surface area contributed by atoms with E-state index in [1.807, 2.05) is 6.92 Å². The van der Waals surface area contributed by atoms with Gasteiger partial charge in [0.25, 0.3) is 0 Å². The summed E-state index contributed by atoms with van der Waals surface area (Å²) in [5.74, 6) is 0.783. The van der Waals surface area contributed by atoms with Crippen molar-refractivity contribution in [1.29, 1.82) is 0 Å². The second kappa shape index (κ2) is 9.72. The van der Waals surface area contributed by atoms with E-state index in [0.29, 0.717) is 12.8 Å². The van der Waals surface area contributed by atoms with Crippen LogP contribution in [0.2, 0.25) is 0 Å². The van der Waals surface area contributed by atoms with Crippen LogP contribution >= 0.6 is 7.94 Å². The van der Waals surface area contributed by atoms with Crippen molar-refractivity contribution in [1.82, 2.24) is 0 Å². The topological polar surface area (TPSA) is 38.7 Å². The van der Waals surface area contributed by atoms with Gasteiger partial charge in [-0.05, 0) is 0 Å². The third-order valence-corrected chi connectivity index (χ3v) is 7.19. The molecule has 27 heavy (non-hydrogen) atoms. The van der Waals surface area contributed by atoms with Crippen molar-refractivity contribution in [2.45, 2.75) is 98.8 Å². The van der Waals surface area contributed by atoms with Gasteiger partial charge in [0.1, 0.15) is 0 Å². The minimum absolute atomic E-state index is 0.0659. The summed E-state index contributed by atoms with van der Waals surface area (Å²) >= 11 is 0. The van der Waals surface area contributed by atoms with Gasteiger partial charge in [0.15, 0.2) is 0 Å². The molecule has 158 valence electrons. The van der Waals surface area contributed by atoms with Crippen molar-refractivity contribution in [3.63, 3.8) is 0 Å². The summed E-state index contributed by atoms with van der Waals surface area (Å²) in [6, 6.07) is 4.37. The van der Waals surface area contributed by atoms with Crippen molar-refractivity contribution in [3.8, 4) is 5.75 Å². The zero-order chi connectivity index (χ0) is 20.9. The van der Waals surface area contributed by atoms with Crippen LogP contribution in [0.5, 0.6) is 5.75 Å². The predicted molar refractivity (Wildman–Crippen MR) is 120 cm³/mol. The molecule has 3 nitrogen and oxygen atoms in total. The Hall–Kier alpha value is -0.630. The first kappa shape index (κ1) is 24.4. The van der Waals surface area contributed by atoms with Crippen molar-refractivity contribution < 1.29 is 13.9 Å². The Morgan fingerprint density at radius 1 is 0.889 bits per heavy atom. The van der Waals surface area contributed by atoms with Gasteiger partial charge in [-0.25, -0.2) is 0 Å². The van der Waals surface area contributed by atoms with E-state index in [-0.39, 0.29) is 10.8 Å². The van der Waals surface area contributed by atoms with Crippen LogP contribution in [0.15, 0.2) is 12.1 Å². The summed E-state index contributed by atoms with van der Waals surface area (Å²) in [7, 11) is -3.24. The van der Waals surface area contributed by atoms with Crippen molar-refractivity contribution >= 4 is 7.94 Å². The first-order chi connectivity index (χ1) is 12.3. The zero-order valence-electron chi connectivity index (χ0n) is 19.2. The molecule has 0 atom stereocenters. The first-order valence-electron chi connectivity index (χ1n) is 10.5. The van der Waals surface area contributed by atoms with E-state index in [9.17, 15) is 4.89 Å². The number of unbranched alkanes of at least 4 members (excludes halogenated alkanes) is 3. The first-order valence-corrected chi connectivity index (χ1v) is 12.5. The van der Waals surface area contributed by atoms with Gasteiger partial charge in [-0.15, -0.1) is 0 Å². The van der Waals surface area contributed by atoms with Crippen molar-refractivity contribution in [2.24, 2.45) is 0 Å². The molecule has 0 unspecified atom stereocenters. The fourth-order valence-electron chi connectivity index (χ4n) is 3.49. The molecule has 0 radical (unpaired) electrons. The summed E-state index contributed by atoms with van der Waals surface area (Å²) in [4.78, 5) is 11.2. The summed E-state index contributed by atoms with van der Waals surface area (Å²) in [6.07, 6.45) is 5.03. The summed E-state index contributed by atoms with van der Waals surface area (Å²) in [5.41, 5.74) is 3.65. The Morgan fingerprint density at radius 2 is 1.48 bits per heavy atom. The van der Waals surface area contributed by atoms with Gasteiger partial charge in [0.2, 0.25) is 0 Å². The van der Waals surface area contributed by atoms with E-state index < -0.39 is 7.94 Å². The third kappa shape index (κ3) is 7.37. The van der Waals surface area contributed by atoms with E-state index in [2.05, 4.69) is 67.5 Å². The van der Waals surface area contributed by atoms with E-state index in [0.717, 1.165) is 24.2 Å². The summed E-state index contributed by atoms with van der Waals surface area (Å²) in [6.45, 7) is 20.0. The number of rotatable bonds is 9. The average molecular weight is 399 g/mol. The molecule has 0 aromatic heterocycles. The fraction of sp³-hybridized carbons (Fsp3) is 0.739. The molecule has 1 N–H and O–H groups in total. The molecule has 0 amide bonds. The maximum absolute atomic E-state index is 11.2. The fourth-order valence-corrected chi connectivity index (χ4v) is 5.45. The predicted octanol–water partition coefficient (Wildman–Crippen LogP) is 7.07. The van der Waals surface area contributed by atoms with Gasteiger partial charge < -0.3 is 0 Å². The molecule has 0 saturated carbocycles. The molecule has 0 heterocycles. The number of hydrogen-bond acceptors (Lipinski definition) is 3. The third-order valence-electron chi connectivity index (χ3n) is 4.93. The standard InChI is InChI=1S/C23H43O3P/c1-10-12-13-14-15-27(24,25-11-2)26-21-16-18(3)19(22(4,5)6)17-20(21)23(7,8)9/h16-17,24,27H,10-15H2,1-9H3. The Labute approximate surface area is 168 Å². The molecule has 0 fully saturated rings. The SMILES string of the molecule is CCCCCC[PH](O)(OCC)Oc1cc(C)c(C(C)(C)C)cc1C(C)(C)C. The second-order valence-corrected chi connectivity index (χ2v) is 12.1. The normalized spacial score (nSPS) is 13.7. The average Bonchev–Trinajstić information content (AvgIpc) is 2.49. The van der Waals surface area contributed by atoms with Crippen LogP contribution in [-0.4, -0.2) is 17.7 Å². The van der Waals surface area contributed by atoms with Crippen molar-refractivity contribution in [3.05, 3.63) is 28.8 Å². The van der Waals surface area contributed by atoms with Crippen LogP contribution < -0.4 is 4.52 Å². The quantitative estimate of drug-likeness (QED) is 0.357. The Bertz CT molecular complexity index is 599. The molecular formula is C23H43O3P. The monoisotopic (exact) mass is 398 g/mol. The number of aryl methyl sites for hydroxylation is 1. The van der Waals surface area contributed by atoms with Gasteiger partial charge in [-0.2, -0.15) is 0 Å². The number of benzene rings is 1. The molecular weight excluding hydrogens is 355 g/mol.